The molecule has 0 atom stereocenters. The first-order chi connectivity index (χ1) is 6.72. The molecule has 2 rings (SSSR count). The van der Waals surface area contributed by atoms with Crippen molar-refractivity contribution < 1.29 is 4.79 Å². The molecule has 1 aromatic rings. The van der Waals surface area contributed by atoms with Crippen LogP contribution >= 0.6 is 0 Å². The van der Waals surface area contributed by atoms with E-state index >= 15 is 0 Å². The number of fused-ring (bicyclic) bond motifs is 1. The van der Waals surface area contributed by atoms with Crippen molar-refractivity contribution in [3.8, 4) is 0 Å². The predicted octanol–water partition coefficient (Wildman–Crippen LogP) is 1.34. The van der Waals surface area contributed by atoms with Crippen molar-refractivity contribution in [2.24, 2.45) is 0 Å². The van der Waals surface area contributed by atoms with Crippen LogP contribution in [-0.2, 0) is 13.0 Å². The van der Waals surface area contributed by atoms with Crippen LogP contribution in [0, 0.1) is 0 Å². The Morgan fingerprint density at radius 1 is 1.50 bits per heavy atom. The molecule has 1 aliphatic rings. The molecule has 0 fully saturated rings. The van der Waals surface area contributed by atoms with E-state index in [9.17, 15) is 4.79 Å². The highest BCUT2D eigenvalue weighted by atomic mass is 16.2. The van der Waals surface area contributed by atoms with E-state index in [4.69, 9.17) is 0 Å². The van der Waals surface area contributed by atoms with E-state index < -0.39 is 0 Å². The predicted molar refractivity (Wildman–Crippen MR) is 54.8 cm³/mol. The monoisotopic (exact) mass is 190 g/mol. The quantitative estimate of drug-likeness (QED) is 0.724. The average Bonchev–Trinajstić information content (AvgIpc) is 2.23. The fourth-order valence-corrected chi connectivity index (χ4v) is 1.68. The van der Waals surface area contributed by atoms with Gasteiger partial charge in [0.15, 0.2) is 0 Å². The number of carbonyl (C=O) groups is 1. The summed E-state index contributed by atoms with van der Waals surface area (Å²) in [4.78, 5) is 11.7. The second kappa shape index (κ2) is 3.42. The zero-order valence-corrected chi connectivity index (χ0v) is 8.50. The summed E-state index contributed by atoms with van der Waals surface area (Å²) < 4.78 is 0. The molecule has 0 unspecified atom stereocenters. The summed E-state index contributed by atoms with van der Waals surface area (Å²) in [5, 5.41) is 1.54. The molecule has 0 spiro atoms. The molecule has 1 amide bonds. The third-order valence-electron chi connectivity index (χ3n) is 2.62. The second-order valence-electron chi connectivity index (χ2n) is 3.54. The van der Waals surface area contributed by atoms with Gasteiger partial charge in [0.1, 0.15) is 0 Å². The molecule has 1 heterocycles. The maximum absolute atomic E-state index is 11.7. The molecular formula is C11H14N2O. The summed E-state index contributed by atoms with van der Waals surface area (Å²) in [6.45, 7) is 2.86. The van der Waals surface area contributed by atoms with Crippen molar-refractivity contribution in [1.82, 2.24) is 10.4 Å². The van der Waals surface area contributed by atoms with E-state index in [1.54, 1.807) is 7.05 Å². The number of hydrazine groups is 1. The summed E-state index contributed by atoms with van der Waals surface area (Å²) in [5.74, 6) is 0.0499. The molecule has 1 N–H and O–H groups in total. The van der Waals surface area contributed by atoms with Crippen molar-refractivity contribution in [2.75, 3.05) is 7.05 Å². The largest absolute Gasteiger partial charge is 0.277 e. The van der Waals surface area contributed by atoms with Gasteiger partial charge < -0.3 is 0 Å². The Hall–Kier alpha value is -1.35. The number of carbonyl (C=O) groups excluding carboxylic acids is 1. The molecule has 3 heteroatoms. The highest BCUT2D eigenvalue weighted by Gasteiger charge is 2.20. The first-order valence-corrected chi connectivity index (χ1v) is 4.85. The Morgan fingerprint density at radius 3 is 3.00 bits per heavy atom. The fourth-order valence-electron chi connectivity index (χ4n) is 1.68. The number of benzene rings is 1. The summed E-state index contributed by atoms with van der Waals surface area (Å²) in [7, 11) is 1.75. The smallest absolute Gasteiger partial charge is 0.268 e. The van der Waals surface area contributed by atoms with Crippen LogP contribution in [0.5, 0.6) is 0 Å². The van der Waals surface area contributed by atoms with Crippen molar-refractivity contribution in [2.45, 2.75) is 19.9 Å². The van der Waals surface area contributed by atoms with Gasteiger partial charge in [-0.15, -0.1) is 0 Å². The van der Waals surface area contributed by atoms with Crippen LogP contribution in [-0.4, -0.2) is 18.0 Å². The van der Waals surface area contributed by atoms with Gasteiger partial charge in [-0.1, -0.05) is 19.1 Å². The Balaban J connectivity index is 2.44. The standard InChI is InChI=1S/C11H14N2O/c1-3-8-4-5-10-9(6-8)7-12-13(2)11(10)14/h4-6,12H,3,7H2,1-2H3. The lowest BCUT2D eigenvalue weighted by molar-refractivity contribution is 0.0686. The van der Waals surface area contributed by atoms with Crippen LogP contribution in [0.2, 0.25) is 0 Å². The minimum Gasteiger partial charge on any atom is -0.277 e. The van der Waals surface area contributed by atoms with E-state index in [1.165, 1.54) is 10.6 Å². The van der Waals surface area contributed by atoms with Crippen molar-refractivity contribution in [3.63, 3.8) is 0 Å². The van der Waals surface area contributed by atoms with Gasteiger partial charge >= 0.3 is 0 Å². The Morgan fingerprint density at radius 2 is 2.29 bits per heavy atom. The zero-order valence-electron chi connectivity index (χ0n) is 8.50. The Labute approximate surface area is 83.7 Å². The van der Waals surface area contributed by atoms with E-state index in [0.29, 0.717) is 0 Å². The van der Waals surface area contributed by atoms with Crippen LogP contribution in [0.1, 0.15) is 28.4 Å². The fraction of sp³-hybridized carbons (Fsp3) is 0.364. The summed E-state index contributed by atoms with van der Waals surface area (Å²) in [6.07, 6.45) is 1.01. The highest BCUT2D eigenvalue weighted by Crippen LogP contribution is 2.17. The van der Waals surface area contributed by atoms with Crippen molar-refractivity contribution in [3.05, 3.63) is 34.9 Å². The van der Waals surface area contributed by atoms with Crippen LogP contribution in [0.25, 0.3) is 0 Å². The van der Waals surface area contributed by atoms with Gasteiger partial charge in [-0.3, -0.25) is 9.80 Å². The molecule has 0 bridgehead atoms. The molecular weight excluding hydrogens is 176 g/mol. The molecule has 3 nitrogen and oxygen atoms in total. The maximum Gasteiger partial charge on any atom is 0.268 e. The van der Waals surface area contributed by atoms with E-state index in [1.807, 2.05) is 12.1 Å². The molecule has 0 aliphatic carbocycles. The minimum atomic E-state index is 0.0499. The third-order valence-corrected chi connectivity index (χ3v) is 2.62. The number of nitrogens with zero attached hydrogens (tertiary/aromatic N) is 1. The van der Waals surface area contributed by atoms with Gasteiger partial charge in [0.2, 0.25) is 0 Å². The lowest BCUT2D eigenvalue weighted by Crippen LogP contribution is -2.43. The van der Waals surface area contributed by atoms with E-state index in [0.717, 1.165) is 24.1 Å². The molecule has 1 aliphatic heterocycles. The van der Waals surface area contributed by atoms with Crippen molar-refractivity contribution in [1.29, 1.82) is 0 Å². The van der Waals surface area contributed by atoms with Gasteiger partial charge in [-0.2, -0.15) is 0 Å². The topological polar surface area (TPSA) is 32.3 Å². The average molecular weight is 190 g/mol. The van der Waals surface area contributed by atoms with Gasteiger partial charge in [-0.25, -0.2) is 5.43 Å². The van der Waals surface area contributed by atoms with Gasteiger partial charge in [0.05, 0.1) is 0 Å². The van der Waals surface area contributed by atoms with Crippen LogP contribution in [0.3, 0.4) is 0 Å². The molecule has 0 saturated heterocycles. The normalized spacial score (nSPS) is 15.6. The summed E-state index contributed by atoms with van der Waals surface area (Å²) >= 11 is 0. The number of aryl methyl sites for hydroxylation is 1. The van der Waals surface area contributed by atoms with Gasteiger partial charge in [0.25, 0.3) is 5.91 Å². The van der Waals surface area contributed by atoms with E-state index in [2.05, 4.69) is 18.4 Å². The lowest BCUT2D eigenvalue weighted by Gasteiger charge is -2.26. The van der Waals surface area contributed by atoms with Crippen LogP contribution in [0.15, 0.2) is 18.2 Å². The SMILES string of the molecule is CCc1ccc2c(c1)CNN(C)C2=O. The molecule has 0 radical (unpaired) electrons. The number of hydrogen-bond acceptors (Lipinski definition) is 2. The number of nitrogens with one attached hydrogen (secondary N) is 1. The van der Waals surface area contributed by atoms with Crippen LogP contribution < -0.4 is 5.43 Å². The molecule has 14 heavy (non-hydrogen) atoms. The van der Waals surface area contributed by atoms with Crippen LogP contribution in [0.4, 0.5) is 0 Å². The first-order valence-electron chi connectivity index (χ1n) is 4.85. The number of rotatable bonds is 1. The van der Waals surface area contributed by atoms with Gasteiger partial charge in [-0.05, 0) is 23.6 Å². The van der Waals surface area contributed by atoms with E-state index in [-0.39, 0.29) is 5.91 Å². The number of hydrogen-bond donors (Lipinski definition) is 1. The molecule has 1 aromatic carbocycles. The Kier molecular flexibility index (Phi) is 2.25. The third kappa shape index (κ3) is 1.40. The highest BCUT2D eigenvalue weighted by molar-refractivity contribution is 5.96. The zero-order chi connectivity index (χ0) is 10.1. The minimum absolute atomic E-state index is 0.0499. The Bertz CT molecular complexity index is 374. The number of amides is 1. The first kappa shape index (κ1) is 9.21. The summed E-state index contributed by atoms with van der Waals surface area (Å²) in [5.41, 5.74) is 6.23. The molecule has 0 aromatic heterocycles. The molecule has 0 saturated carbocycles. The second-order valence-corrected chi connectivity index (χ2v) is 3.54. The summed E-state index contributed by atoms with van der Waals surface area (Å²) in [6, 6.07) is 6.05. The molecule has 74 valence electrons. The maximum atomic E-state index is 11.7. The van der Waals surface area contributed by atoms with Gasteiger partial charge in [0, 0.05) is 19.2 Å². The lowest BCUT2D eigenvalue weighted by atomic mass is 10.0. The van der Waals surface area contributed by atoms with Crippen molar-refractivity contribution >= 4 is 5.91 Å².